The van der Waals surface area contributed by atoms with Gasteiger partial charge in [0.25, 0.3) is 0 Å². The molecule has 1 aromatic rings. The monoisotopic (exact) mass is 316 g/mol. The van der Waals surface area contributed by atoms with E-state index in [1.165, 1.54) is 0 Å². The van der Waals surface area contributed by atoms with Crippen LogP contribution in [0, 0.1) is 0 Å². The lowest BCUT2D eigenvalue weighted by Gasteiger charge is -2.32. The molecular weight excluding hydrogens is 292 g/mol. The molecule has 0 heterocycles. The number of carbonyl (C=O) groups excluding carboxylic acids is 2. The number of hydrogen-bond acceptors (Lipinski definition) is 4. The summed E-state index contributed by atoms with van der Waals surface area (Å²) in [6.45, 7) is 12.5. The molecule has 0 spiro atoms. The summed E-state index contributed by atoms with van der Waals surface area (Å²) in [5.74, 6) is -0.907. The Bertz CT molecular complexity index is 557. The van der Waals surface area contributed by atoms with Crippen molar-refractivity contribution in [2.45, 2.75) is 32.6 Å². The molecule has 0 amide bonds. The fourth-order valence-electron chi connectivity index (χ4n) is 2.06. The molecule has 0 aliphatic rings. The van der Waals surface area contributed by atoms with Gasteiger partial charge in [-0.3, -0.25) is 0 Å². The van der Waals surface area contributed by atoms with Crippen molar-refractivity contribution in [3.63, 3.8) is 0 Å². The first kappa shape index (κ1) is 18.7. The van der Waals surface area contributed by atoms with Gasteiger partial charge >= 0.3 is 11.9 Å². The Labute approximate surface area is 137 Å². The van der Waals surface area contributed by atoms with E-state index in [1.54, 1.807) is 13.8 Å². The smallest absolute Gasteiger partial charge is 0.333 e. The topological polar surface area (TPSA) is 52.6 Å². The molecule has 0 N–H and O–H groups in total. The first-order valence-electron chi connectivity index (χ1n) is 7.53. The lowest BCUT2D eigenvalue weighted by Crippen LogP contribution is -2.38. The molecule has 0 aliphatic heterocycles. The largest absolute Gasteiger partial charge is 0.461 e. The first-order valence-corrected chi connectivity index (χ1v) is 7.53. The molecule has 0 aromatic heterocycles. The van der Waals surface area contributed by atoms with Crippen LogP contribution in [-0.2, 0) is 24.5 Å². The van der Waals surface area contributed by atoms with Crippen molar-refractivity contribution in [1.29, 1.82) is 0 Å². The van der Waals surface area contributed by atoms with E-state index in [2.05, 4.69) is 13.2 Å². The molecule has 0 bridgehead atoms. The van der Waals surface area contributed by atoms with E-state index in [0.29, 0.717) is 17.6 Å². The van der Waals surface area contributed by atoms with E-state index in [0.717, 1.165) is 5.56 Å². The van der Waals surface area contributed by atoms with Gasteiger partial charge in [0.15, 0.2) is 0 Å². The molecule has 4 heteroatoms. The number of carbonyl (C=O) groups is 2. The highest BCUT2D eigenvalue weighted by Crippen LogP contribution is 2.29. The minimum absolute atomic E-state index is 0.114. The molecule has 0 atom stereocenters. The molecule has 0 aliphatic carbocycles. The number of rotatable bonds is 8. The molecule has 0 radical (unpaired) electrons. The van der Waals surface area contributed by atoms with Crippen molar-refractivity contribution in [3.8, 4) is 0 Å². The molecule has 0 unspecified atom stereocenters. The second kappa shape index (κ2) is 8.32. The highest BCUT2D eigenvalue weighted by Gasteiger charge is 2.34. The van der Waals surface area contributed by atoms with Crippen LogP contribution >= 0.6 is 0 Å². The summed E-state index contributed by atoms with van der Waals surface area (Å²) in [5.41, 5.74) is 1.02. The summed E-state index contributed by atoms with van der Waals surface area (Å²) in [6.07, 6.45) is 0.643. The van der Waals surface area contributed by atoms with Crippen molar-refractivity contribution in [1.82, 2.24) is 0 Å². The minimum Gasteiger partial charge on any atom is -0.461 e. The van der Waals surface area contributed by atoms with Crippen molar-refractivity contribution in [3.05, 3.63) is 60.2 Å². The average Bonchev–Trinajstić information content (AvgIpc) is 2.55. The molecule has 4 nitrogen and oxygen atoms in total. The third-order valence-electron chi connectivity index (χ3n) is 3.72. The summed E-state index contributed by atoms with van der Waals surface area (Å²) < 4.78 is 10.7. The number of benzene rings is 1. The number of esters is 2. The maximum absolute atomic E-state index is 11.7. The number of hydrogen-bond donors (Lipinski definition) is 0. The van der Waals surface area contributed by atoms with Gasteiger partial charge in [-0.1, -0.05) is 50.4 Å². The summed E-state index contributed by atoms with van der Waals surface area (Å²) in [4.78, 5) is 23.5. The molecule has 23 heavy (non-hydrogen) atoms. The Morgan fingerprint density at radius 3 is 1.74 bits per heavy atom. The minimum atomic E-state index is -0.600. The van der Waals surface area contributed by atoms with Crippen LogP contribution < -0.4 is 0 Å². The van der Waals surface area contributed by atoms with Gasteiger partial charge in [0, 0.05) is 11.1 Å². The maximum atomic E-state index is 11.7. The lowest BCUT2D eigenvalue weighted by molar-refractivity contribution is -0.145. The predicted octanol–water partition coefficient (Wildman–Crippen LogP) is 3.57. The van der Waals surface area contributed by atoms with Crippen molar-refractivity contribution in [2.24, 2.45) is 0 Å². The zero-order valence-corrected chi connectivity index (χ0v) is 14.1. The van der Waals surface area contributed by atoms with Crippen LogP contribution in [0.15, 0.2) is 54.6 Å². The SMILES string of the molecule is C=C(C)C(=O)OCC(CC)(COC(=O)C(=C)C)c1ccccc1. The Morgan fingerprint density at radius 2 is 1.39 bits per heavy atom. The third-order valence-corrected chi connectivity index (χ3v) is 3.72. The summed E-state index contributed by atoms with van der Waals surface area (Å²) in [7, 11) is 0. The zero-order valence-electron chi connectivity index (χ0n) is 14.1. The first-order chi connectivity index (χ1) is 10.8. The van der Waals surface area contributed by atoms with E-state index < -0.39 is 17.4 Å². The van der Waals surface area contributed by atoms with Gasteiger partial charge in [-0.25, -0.2) is 9.59 Å². The number of ether oxygens (including phenoxy) is 2. The van der Waals surface area contributed by atoms with Crippen LogP contribution in [-0.4, -0.2) is 25.2 Å². The summed E-state index contributed by atoms with van der Waals surface area (Å²) in [6, 6.07) is 9.59. The normalized spacial score (nSPS) is 10.7. The third kappa shape index (κ3) is 5.09. The van der Waals surface area contributed by atoms with Crippen LogP contribution in [0.5, 0.6) is 0 Å². The fraction of sp³-hybridized carbons (Fsp3) is 0.368. The van der Waals surface area contributed by atoms with E-state index in [-0.39, 0.29) is 13.2 Å². The van der Waals surface area contributed by atoms with Crippen molar-refractivity contribution < 1.29 is 19.1 Å². The highest BCUT2D eigenvalue weighted by atomic mass is 16.5. The summed E-state index contributed by atoms with van der Waals surface area (Å²) in [5, 5.41) is 0. The van der Waals surface area contributed by atoms with E-state index in [9.17, 15) is 9.59 Å². The van der Waals surface area contributed by atoms with Gasteiger partial charge in [0.1, 0.15) is 13.2 Å². The lowest BCUT2D eigenvalue weighted by atomic mass is 9.79. The van der Waals surface area contributed by atoms with E-state index in [4.69, 9.17) is 9.47 Å². The van der Waals surface area contributed by atoms with Gasteiger partial charge in [-0.2, -0.15) is 0 Å². The second-order valence-electron chi connectivity index (χ2n) is 5.71. The maximum Gasteiger partial charge on any atom is 0.333 e. The van der Waals surface area contributed by atoms with E-state index >= 15 is 0 Å². The molecule has 0 saturated heterocycles. The molecule has 0 saturated carbocycles. The van der Waals surface area contributed by atoms with Crippen LogP contribution in [0.25, 0.3) is 0 Å². The molecule has 1 rings (SSSR count). The van der Waals surface area contributed by atoms with Crippen molar-refractivity contribution in [2.75, 3.05) is 13.2 Å². The Kier molecular flexibility index (Phi) is 6.76. The van der Waals surface area contributed by atoms with Crippen LogP contribution in [0.1, 0.15) is 32.8 Å². The molecule has 124 valence electrons. The van der Waals surface area contributed by atoms with Crippen molar-refractivity contribution >= 4 is 11.9 Å². The predicted molar refractivity (Wildman–Crippen MR) is 90.0 cm³/mol. The van der Waals surface area contributed by atoms with Crippen LogP contribution in [0.4, 0.5) is 0 Å². The van der Waals surface area contributed by atoms with Gasteiger partial charge in [-0.15, -0.1) is 0 Å². The van der Waals surface area contributed by atoms with E-state index in [1.807, 2.05) is 37.3 Å². The van der Waals surface area contributed by atoms with Gasteiger partial charge in [-0.05, 0) is 25.8 Å². The van der Waals surface area contributed by atoms with Crippen LogP contribution in [0.2, 0.25) is 0 Å². The zero-order chi connectivity index (χ0) is 17.5. The van der Waals surface area contributed by atoms with Gasteiger partial charge in [0.05, 0.1) is 5.41 Å². The molecular formula is C19H24O4. The Morgan fingerprint density at radius 1 is 0.957 bits per heavy atom. The quantitative estimate of drug-likeness (QED) is 0.543. The van der Waals surface area contributed by atoms with Crippen LogP contribution in [0.3, 0.4) is 0 Å². The second-order valence-corrected chi connectivity index (χ2v) is 5.71. The molecule has 1 aromatic carbocycles. The fourth-order valence-corrected chi connectivity index (χ4v) is 2.06. The Hall–Kier alpha value is -2.36. The standard InChI is InChI=1S/C19H24O4/c1-6-19(12-22-17(20)14(2)3,13-23-18(21)15(4)5)16-10-8-7-9-11-16/h7-11H,2,4,6,12-13H2,1,3,5H3. The molecule has 0 fully saturated rings. The van der Waals surface area contributed by atoms with Gasteiger partial charge in [0.2, 0.25) is 0 Å². The highest BCUT2D eigenvalue weighted by molar-refractivity contribution is 5.87. The summed E-state index contributed by atoms with van der Waals surface area (Å²) >= 11 is 0. The van der Waals surface area contributed by atoms with Gasteiger partial charge < -0.3 is 9.47 Å². The average molecular weight is 316 g/mol. The Balaban J connectivity index is 3.02.